The van der Waals surface area contributed by atoms with Crippen molar-refractivity contribution >= 4 is 44.2 Å². The van der Waals surface area contributed by atoms with Gasteiger partial charge in [0.25, 0.3) is 0 Å². The topological polar surface area (TPSA) is 66.4 Å². The maximum Gasteiger partial charge on any atom is 0.234 e. The Kier molecular flexibility index (Phi) is 5.36. The average Bonchev–Trinajstić information content (AvgIpc) is 3.43. The van der Waals surface area contributed by atoms with Gasteiger partial charge in [-0.1, -0.05) is 41.7 Å². The smallest absolute Gasteiger partial charge is 0.234 e. The lowest BCUT2D eigenvalue weighted by Crippen LogP contribution is -2.37. The molecular weight excluding hydrogens is 427 g/mol. The molecule has 1 saturated heterocycles. The molecule has 1 aliphatic heterocycles. The van der Waals surface area contributed by atoms with E-state index >= 15 is 0 Å². The van der Waals surface area contributed by atoms with E-state index in [1.54, 1.807) is 40.4 Å². The fraction of sp³-hybridized carbons (Fsp3) is 0.167. The van der Waals surface area contributed by atoms with E-state index in [1.165, 1.54) is 17.4 Å². The van der Waals surface area contributed by atoms with Crippen molar-refractivity contribution in [2.45, 2.75) is 13.0 Å². The van der Waals surface area contributed by atoms with Gasteiger partial charge in [-0.25, -0.2) is 9.37 Å². The molecule has 4 aromatic rings. The summed E-state index contributed by atoms with van der Waals surface area (Å²) in [5, 5.41) is 0.407. The van der Waals surface area contributed by atoms with Gasteiger partial charge in [0.15, 0.2) is 5.13 Å². The zero-order valence-corrected chi connectivity index (χ0v) is 17.8. The highest BCUT2D eigenvalue weighted by atomic mass is 32.1. The highest BCUT2D eigenvalue weighted by Crippen LogP contribution is 2.34. The first kappa shape index (κ1) is 20.3. The van der Waals surface area contributed by atoms with Gasteiger partial charge >= 0.3 is 0 Å². The number of pyridine rings is 1. The summed E-state index contributed by atoms with van der Waals surface area (Å²) in [6.45, 7) is 0.536. The predicted octanol–water partition coefficient (Wildman–Crippen LogP) is 4.42. The minimum Gasteiger partial charge on any atom is -0.312 e. The molecule has 6 nitrogen and oxygen atoms in total. The Morgan fingerprint density at radius 2 is 1.97 bits per heavy atom. The first-order chi connectivity index (χ1) is 15.6. The van der Waals surface area contributed by atoms with Gasteiger partial charge in [0.2, 0.25) is 11.8 Å². The first-order valence-electron chi connectivity index (χ1n) is 10.2. The van der Waals surface area contributed by atoms with Gasteiger partial charge in [-0.3, -0.25) is 19.5 Å². The highest BCUT2D eigenvalue weighted by molar-refractivity contribution is 7.22. The average molecular weight is 447 g/mol. The van der Waals surface area contributed by atoms with Gasteiger partial charge in [-0.15, -0.1) is 0 Å². The molecule has 32 heavy (non-hydrogen) atoms. The summed E-state index contributed by atoms with van der Waals surface area (Å²) in [5.74, 6) is -1.24. The number of hydrogen-bond acceptors (Lipinski definition) is 5. The second-order valence-electron chi connectivity index (χ2n) is 7.61. The molecule has 2 amide bonds. The number of carbonyl (C=O) groups is 2. The number of hydrogen-bond donors (Lipinski definition) is 0. The maximum absolute atomic E-state index is 14.3. The van der Waals surface area contributed by atoms with Crippen molar-refractivity contribution in [3.63, 3.8) is 0 Å². The van der Waals surface area contributed by atoms with Crippen LogP contribution in [0.1, 0.15) is 12.0 Å². The van der Waals surface area contributed by atoms with Crippen molar-refractivity contribution in [1.29, 1.82) is 0 Å². The number of anilines is 2. The number of aromatic nitrogens is 2. The van der Waals surface area contributed by atoms with Gasteiger partial charge in [0.05, 0.1) is 17.2 Å². The van der Waals surface area contributed by atoms with Gasteiger partial charge in [0, 0.05) is 31.0 Å². The van der Waals surface area contributed by atoms with Crippen molar-refractivity contribution < 1.29 is 14.0 Å². The number of thiazole rings is 1. The molecule has 3 heterocycles. The Labute approximate surface area is 187 Å². The summed E-state index contributed by atoms with van der Waals surface area (Å²) in [5.41, 5.74) is 1.84. The Hall–Kier alpha value is -3.65. The standard InChI is InChI=1S/C24H19FN4O2S/c25-19-9-4-10-20-22(19)27-24(32-20)29(14-16-6-5-11-26-13-16)23(31)17-12-21(30)28(15-17)18-7-2-1-3-8-18/h1-11,13,17H,12,14-15H2. The monoisotopic (exact) mass is 446 g/mol. The fourth-order valence-corrected chi connectivity index (χ4v) is 4.87. The molecule has 0 spiro atoms. The number of nitrogens with zero attached hydrogens (tertiary/aromatic N) is 4. The van der Waals surface area contributed by atoms with Crippen LogP contribution in [0.3, 0.4) is 0 Å². The SMILES string of the molecule is O=C1CC(C(=O)N(Cc2cccnc2)c2nc3c(F)cccc3s2)CN1c1ccccc1. The molecule has 160 valence electrons. The molecule has 2 aromatic carbocycles. The second-order valence-corrected chi connectivity index (χ2v) is 8.62. The molecule has 1 atom stereocenters. The number of fused-ring (bicyclic) bond motifs is 1. The van der Waals surface area contributed by atoms with E-state index in [9.17, 15) is 14.0 Å². The van der Waals surface area contributed by atoms with Crippen molar-refractivity contribution in [2.75, 3.05) is 16.3 Å². The molecule has 5 rings (SSSR count). The first-order valence-corrected chi connectivity index (χ1v) is 11.0. The normalized spacial score (nSPS) is 16.0. The van der Waals surface area contributed by atoms with Crippen LogP contribution < -0.4 is 9.80 Å². The van der Waals surface area contributed by atoms with Crippen LogP contribution in [-0.2, 0) is 16.1 Å². The summed E-state index contributed by atoms with van der Waals surface area (Å²) in [6.07, 6.45) is 3.47. The van der Waals surface area contributed by atoms with Gasteiger partial charge in [0.1, 0.15) is 11.3 Å². The number of para-hydroxylation sites is 2. The molecule has 8 heteroatoms. The van der Waals surface area contributed by atoms with Crippen molar-refractivity contribution in [1.82, 2.24) is 9.97 Å². The molecule has 1 unspecified atom stereocenters. The number of halogens is 1. The van der Waals surface area contributed by atoms with E-state index in [1.807, 2.05) is 36.4 Å². The van der Waals surface area contributed by atoms with E-state index in [0.717, 1.165) is 11.3 Å². The Bertz CT molecular complexity index is 1280. The molecule has 1 aliphatic rings. The third-order valence-electron chi connectivity index (χ3n) is 5.46. The molecular formula is C24H19FN4O2S. The lowest BCUT2D eigenvalue weighted by Gasteiger charge is -2.23. The Morgan fingerprint density at radius 3 is 2.72 bits per heavy atom. The van der Waals surface area contributed by atoms with Gasteiger partial charge < -0.3 is 4.90 Å². The predicted molar refractivity (Wildman–Crippen MR) is 122 cm³/mol. The van der Waals surface area contributed by atoms with Crippen LogP contribution in [0.4, 0.5) is 15.2 Å². The number of rotatable bonds is 5. The minimum atomic E-state index is -0.517. The van der Waals surface area contributed by atoms with Crippen LogP contribution in [0.25, 0.3) is 10.2 Å². The molecule has 0 aliphatic carbocycles. The quantitative estimate of drug-likeness (QED) is 0.455. The Balaban J connectivity index is 1.48. The van der Waals surface area contributed by atoms with Crippen LogP contribution in [0.15, 0.2) is 73.1 Å². The summed E-state index contributed by atoms with van der Waals surface area (Å²) in [4.78, 5) is 38.1. The van der Waals surface area contributed by atoms with Crippen molar-refractivity contribution in [3.05, 3.63) is 84.4 Å². The van der Waals surface area contributed by atoms with Crippen LogP contribution >= 0.6 is 11.3 Å². The third kappa shape index (κ3) is 3.85. The lowest BCUT2D eigenvalue weighted by atomic mass is 10.1. The van der Waals surface area contributed by atoms with Crippen LogP contribution in [0.2, 0.25) is 0 Å². The number of amides is 2. The van der Waals surface area contributed by atoms with E-state index in [0.29, 0.717) is 16.4 Å². The summed E-state index contributed by atoms with van der Waals surface area (Å²) in [7, 11) is 0. The maximum atomic E-state index is 14.3. The molecule has 0 bridgehead atoms. The third-order valence-corrected chi connectivity index (χ3v) is 6.50. The summed E-state index contributed by atoms with van der Waals surface area (Å²) < 4.78 is 14.9. The van der Waals surface area contributed by atoms with E-state index in [4.69, 9.17) is 0 Å². The summed E-state index contributed by atoms with van der Waals surface area (Å²) in [6, 6.07) is 17.8. The van der Waals surface area contributed by atoms with Crippen molar-refractivity contribution in [3.8, 4) is 0 Å². The Morgan fingerprint density at radius 1 is 1.12 bits per heavy atom. The van der Waals surface area contributed by atoms with E-state index < -0.39 is 11.7 Å². The molecule has 0 radical (unpaired) electrons. The molecule has 0 N–H and O–H groups in total. The summed E-state index contributed by atoms with van der Waals surface area (Å²) >= 11 is 1.26. The van der Waals surface area contributed by atoms with Crippen LogP contribution in [0.5, 0.6) is 0 Å². The zero-order valence-electron chi connectivity index (χ0n) is 17.0. The molecule has 0 saturated carbocycles. The van der Waals surface area contributed by atoms with Crippen LogP contribution in [0, 0.1) is 11.7 Å². The van der Waals surface area contributed by atoms with E-state index in [-0.39, 0.29) is 30.3 Å². The van der Waals surface area contributed by atoms with Gasteiger partial charge in [-0.2, -0.15) is 0 Å². The number of carbonyl (C=O) groups excluding carboxylic acids is 2. The van der Waals surface area contributed by atoms with Gasteiger partial charge in [-0.05, 0) is 35.9 Å². The lowest BCUT2D eigenvalue weighted by molar-refractivity contribution is -0.124. The highest BCUT2D eigenvalue weighted by Gasteiger charge is 2.38. The minimum absolute atomic E-state index is 0.0915. The molecule has 2 aromatic heterocycles. The number of benzene rings is 2. The van der Waals surface area contributed by atoms with Crippen LogP contribution in [-0.4, -0.2) is 28.3 Å². The van der Waals surface area contributed by atoms with Crippen molar-refractivity contribution in [2.24, 2.45) is 5.92 Å². The largest absolute Gasteiger partial charge is 0.312 e. The fourth-order valence-electron chi connectivity index (χ4n) is 3.88. The molecule has 1 fully saturated rings. The van der Waals surface area contributed by atoms with E-state index in [2.05, 4.69) is 9.97 Å². The zero-order chi connectivity index (χ0) is 22.1. The second kappa shape index (κ2) is 8.47.